The number of rotatable bonds is 6. The second-order valence-electron chi connectivity index (χ2n) is 6.41. The molecule has 0 bridgehead atoms. The lowest BCUT2D eigenvalue weighted by molar-refractivity contribution is 0.0916. The van der Waals surface area contributed by atoms with E-state index in [9.17, 15) is 0 Å². The highest BCUT2D eigenvalue weighted by molar-refractivity contribution is 5.36. The molecule has 24 heavy (non-hydrogen) atoms. The zero-order valence-electron chi connectivity index (χ0n) is 14.6. The molecule has 2 heterocycles. The van der Waals surface area contributed by atoms with Crippen LogP contribution in [0.1, 0.15) is 43.1 Å². The molecule has 0 aliphatic carbocycles. The first kappa shape index (κ1) is 16.9. The Morgan fingerprint density at radius 1 is 1.25 bits per heavy atom. The Hall–Kier alpha value is -1.92. The molecule has 1 aromatic carbocycles. The fourth-order valence-corrected chi connectivity index (χ4v) is 3.43. The highest BCUT2D eigenvalue weighted by Crippen LogP contribution is 2.38. The predicted octanol–water partition coefficient (Wildman–Crippen LogP) is 3.20. The van der Waals surface area contributed by atoms with Gasteiger partial charge < -0.3 is 14.0 Å². The topological polar surface area (TPSA) is 60.6 Å². The summed E-state index contributed by atoms with van der Waals surface area (Å²) in [6.07, 6.45) is 2.30. The van der Waals surface area contributed by atoms with E-state index in [1.54, 1.807) is 14.2 Å². The average molecular weight is 331 g/mol. The van der Waals surface area contributed by atoms with Crippen LogP contribution < -0.4 is 4.74 Å². The van der Waals surface area contributed by atoms with Crippen molar-refractivity contribution in [3.8, 4) is 5.75 Å². The number of aromatic nitrogens is 2. The minimum atomic E-state index is 0.301. The molecule has 6 heteroatoms. The molecule has 1 aliphatic rings. The Bertz CT molecular complexity index is 658. The number of para-hydroxylation sites is 1. The van der Waals surface area contributed by atoms with Gasteiger partial charge in [-0.1, -0.05) is 30.3 Å². The Morgan fingerprint density at radius 3 is 2.88 bits per heavy atom. The number of hydrogen-bond donors (Lipinski definition) is 0. The van der Waals surface area contributed by atoms with Gasteiger partial charge in [-0.05, 0) is 24.8 Å². The van der Waals surface area contributed by atoms with Gasteiger partial charge >= 0.3 is 0 Å². The van der Waals surface area contributed by atoms with Gasteiger partial charge in [-0.25, -0.2) is 0 Å². The predicted molar refractivity (Wildman–Crippen MR) is 89.6 cm³/mol. The fourth-order valence-electron chi connectivity index (χ4n) is 3.43. The van der Waals surface area contributed by atoms with Gasteiger partial charge in [0.2, 0.25) is 5.89 Å². The Labute approximate surface area is 142 Å². The van der Waals surface area contributed by atoms with Crippen LogP contribution in [0.25, 0.3) is 0 Å². The van der Waals surface area contributed by atoms with Crippen molar-refractivity contribution in [1.29, 1.82) is 0 Å². The second kappa shape index (κ2) is 7.77. The van der Waals surface area contributed by atoms with E-state index < -0.39 is 0 Å². The molecular formula is C18H25N3O3. The van der Waals surface area contributed by atoms with Gasteiger partial charge in [-0.3, -0.25) is 4.90 Å². The Balaban J connectivity index is 1.81. The molecule has 0 unspecified atom stereocenters. The zero-order valence-corrected chi connectivity index (χ0v) is 14.6. The molecule has 3 rings (SSSR count). The molecule has 2 aromatic rings. The zero-order chi connectivity index (χ0) is 16.9. The van der Waals surface area contributed by atoms with Crippen molar-refractivity contribution in [1.82, 2.24) is 15.0 Å². The van der Waals surface area contributed by atoms with Gasteiger partial charge in [0, 0.05) is 25.3 Å². The first-order valence-corrected chi connectivity index (χ1v) is 8.38. The van der Waals surface area contributed by atoms with Crippen LogP contribution in [-0.2, 0) is 17.9 Å². The molecule has 1 saturated heterocycles. The van der Waals surface area contributed by atoms with Gasteiger partial charge in [-0.2, -0.15) is 4.98 Å². The highest BCUT2D eigenvalue weighted by atomic mass is 16.5. The number of benzene rings is 1. The summed E-state index contributed by atoms with van der Waals surface area (Å²) in [5, 5.41) is 3.96. The molecule has 0 amide bonds. The number of methoxy groups -OCH3 is 2. The van der Waals surface area contributed by atoms with Crippen LogP contribution in [0, 0.1) is 5.92 Å². The SMILES string of the molecule is COCc1noc(CN2C[C@@H](C)CC[C@H]2c2ccccc2OC)n1. The van der Waals surface area contributed by atoms with Gasteiger partial charge in [0.15, 0.2) is 5.82 Å². The lowest BCUT2D eigenvalue weighted by atomic mass is 9.89. The van der Waals surface area contributed by atoms with E-state index in [2.05, 4.69) is 34.1 Å². The standard InChI is InChI=1S/C18H25N3O3/c1-13-8-9-15(14-6-4-5-7-16(14)23-3)21(10-13)11-18-19-17(12-22-2)20-24-18/h4-7,13,15H,8-12H2,1-3H3/t13-,15-/m0/s1. The second-order valence-corrected chi connectivity index (χ2v) is 6.41. The van der Waals surface area contributed by atoms with Gasteiger partial charge in [0.1, 0.15) is 12.4 Å². The van der Waals surface area contributed by atoms with Gasteiger partial charge in [0.25, 0.3) is 0 Å². The van der Waals surface area contributed by atoms with Crippen molar-refractivity contribution in [2.24, 2.45) is 5.92 Å². The smallest absolute Gasteiger partial charge is 0.240 e. The van der Waals surface area contributed by atoms with E-state index in [0.717, 1.165) is 18.7 Å². The molecule has 2 atom stereocenters. The van der Waals surface area contributed by atoms with Crippen LogP contribution in [0.3, 0.4) is 0 Å². The van der Waals surface area contributed by atoms with Crippen LogP contribution >= 0.6 is 0 Å². The maximum atomic E-state index is 5.57. The number of ether oxygens (including phenoxy) is 2. The summed E-state index contributed by atoms with van der Waals surface area (Å²) in [6, 6.07) is 8.55. The number of likely N-dealkylation sites (tertiary alicyclic amines) is 1. The van der Waals surface area contributed by atoms with E-state index in [0.29, 0.717) is 36.8 Å². The van der Waals surface area contributed by atoms with E-state index in [4.69, 9.17) is 14.0 Å². The van der Waals surface area contributed by atoms with Crippen molar-refractivity contribution in [3.05, 3.63) is 41.5 Å². The van der Waals surface area contributed by atoms with Crippen LogP contribution in [0.4, 0.5) is 0 Å². The minimum Gasteiger partial charge on any atom is -0.496 e. The van der Waals surface area contributed by atoms with Gasteiger partial charge in [0.05, 0.1) is 13.7 Å². The van der Waals surface area contributed by atoms with E-state index in [1.165, 1.54) is 12.0 Å². The molecule has 0 saturated carbocycles. The van der Waals surface area contributed by atoms with Crippen LogP contribution in [0.5, 0.6) is 5.75 Å². The maximum Gasteiger partial charge on any atom is 0.240 e. The van der Waals surface area contributed by atoms with Crippen molar-refractivity contribution in [3.63, 3.8) is 0 Å². The van der Waals surface area contributed by atoms with Gasteiger partial charge in [-0.15, -0.1) is 0 Å². The lowest BCUT2D eigenvalue weighted by Gasteiger charge is -2.38. The molecule has 1 aromatic heterocycles. The molecular weight excluding hydrogens is 306 g/mol. The monoisotopic (exact) mass is 331 g/mol. The highest BCUT2D eigenvalue weighted by Gasteiger charge is 2.30. The van der Waals surface area contributed by atoms with Crippen molar-refractivity contribution in [2.75, 3.05) is 20.8 Å². The van der Waals surface area contributed by atoms with Crippen molar-refractivity contribution >= 4 is 0 Å². The Morgan fingerprint density at radius 2 is 2.08 bits per heavy atom. The molecule has 130 valence electrons. The summed E-state index contributed by atoms with van der Waals surface area (Å²) in [7, 11) is 3.35. The molecule has 1 fully saturated rings. The number of piperidine rings is 1. The summed E-state index contributed by atoms with van der Waals surface area (Å²) >= 11 is 0. The summed E-state index contributed by atoms with van der Waals surface area (Å²) < 4.78 is 16.0. The van der Waals surface area contributed by atoms with E-state index in [-0.39, 0.29) is 0 Å². The fraction of sp³-hybridized carbons (Fsp3) is 0.556. The summed E-state index contributed by atoms with van der Waals surface area (Å²) in [5.74, 6) is 2.81. The lowest BCUT2D eigenvalue weighted by Crippen LogP contribution is -2.37. The third-order valence-corrected chi connectivity index (χ3v) is 4.54. The molecule has 0 spiro atoms. The Kier molecular flexibility index (Phi) is 5.48. The number of hydrogen-bond acceptors (Lipinski definition) is 6. The van der Waals surface area contributed by atoms with E-state index >= 15 is 0 Å². The summed E-state index contributed by atoms with van der Waals surface area (Å²) in [4.78, 5) is 6.83. The molecule has 6 nitrogen and oxygen atoms in total. The third kappa shape index (κ3) is 3.76. The van der Waals surface area contributed by atoms with Crippen LogP contribution in [-0.4, -0.2) is 35.8 Å². The molecule has 0 N–H and O–H groups in total. The van der Waals surface area contributed by atoms with Crippen molar-refractivity contribution in [2.45, 2.75) is 39.0 Å². The summed E-state index contributed by atoms with van der Waals surface area (Å²) in [5.41, 5.74) is 1.23. The van der Waals surface area contributed by atoms with E-state index in [1.807, 2.05) is 12.1 Å². The minimum absolute atomic E-state index is 0.301. The quantitative estimate of drug-likeness (QED) is 0.810. The average Bonchev–Trinajstić information content (AvgIpc) is 3.02. The normalized spacial score (nSPS) is 21.8. The van der Waals surface area contributed by atoms with Crippen LogP contribution in [0.15, 0.2) is 28.8 Å². The largest absolute Gasteiger partial charge is 0.496 e. The molecule has 0 radical (unpaired) electrons. The van der Waals surface area contributed by atoms with Crippen molar-refractivity contribution < 1.29 is 14.0 Å². The van der Waals surface area contributed by atoms with Crippen LogP contribution in [0.2, 0.25) is 0 Å². The third-order valence-electron chi connectivity index (χ3n) is 4.54. The summed E-state index contributed by atoms with van der Waals surface area (Å²) in [6.45, 7) is 4.31. The maximum absolute atomic E-state index is 5.57. The first-order valence-electron chi connectivity index (χ1n) is 8.38. The number of nitrogens with zero attached hydrogens (tertiary/aromatic N) is 3. The first-order chi connectivity index (χ1) is 11.7. The molecule has 1 aliphatic heterocycles.